The van der Waals surface area contributed by atoms with Crippen LogP contribution >= 0.6 is 0 Å². The number of rotatable bonds is 1. The summed E-state index contributed by atoms with van der Waals surface area (Å²) >= 11 is 0. The lowest BCUT2D eigenvalue weighted by Crippen LogP contribution is -2.07. The second-order valence-corrected chi connectivity index (χ2v) is 3.22. The van der Waals surface area contributed by atoms with Gasteiger partial charge in [-0.05, 0) is 30.7 Å². The quantitative estimate of drug-likeness (QED) is 0.674. The number of nitrogens with two attached hydrogens (primary N) is 1. The molecule has 15 heavy (non-hydrogen) atoms. The van der Waals surface area contributed by atoms with Crippen LogP contribution in [0.1, 0.15) is 18.1 Å². The van der Waals surface area contributed by atoms with Crippen molar-refractivity contribution in [3.05, 3.63) is 29.3 Å². The van der Waals surface area contributed by atoms with E-state index in [0.717, 1.165) is 16.8 Å². The molecule has 3 N–H and O–H groups in total. The fraction of sp³-hybridized carbons (Fsp3) is 0.250. The first-order valence-corrected chi connectivity index (χ1v) is 4.70. The van der Waals surface area contributed by atoms with Crippen LogP contribution in [0.5, 0.6) is 0 Å². The van der Waals surface area contributed by atoms with Gasteiger partial charge in [0.05, 0.1) is 6.54 Å². The predicted molar refractivity (Wildman–Crippen MR) is 61.4 cm³/mol. The fourth-order valence-corrected chi connectivity index (χ4v) is 1.22. The number of hydrogen-bond donors (Lipinski definition) is 2. The average Bonchev–Trinajstić information content (AvgIpc) is 2.18. The normalized spacial score (nSPS) is 9.00. The molecule has 1 rings (SSSR count). The van der Waals surface area contributed by atoms with Crippen LogP contribution < -0.4 is 11.1 Å². The first-order valence-electron chi connectivity index (χ1n) is 4.70. The van der Waals surface area contributed by atoms with Gasteiger partial charge in [0.15, 0.2) is 0 Å². The van der Waals surface area contributed by atoms with Gasteiger partial charge in [-0.2, -0.15) is 0 Å². The van der Waals surface area contributed by atoms with Crippen LogP contribution in [0.3, 0.4) is 0 Å². The van der Waals surface area contributed by atoms with Crippen LogP contribution in [-0.4, -0.2) is 12.5 Å². The summed E-state index contributed by atoms with van der Waals surface area (Å²) in [6.45, 7) is 3.77. The molecule has 0 saturated heterocycles. The van der Waals surface area contributed by atoms with Gasteiger partial charge in [-0.1, -0.05) is 11.8 Å². The van der Waals surface area contributed by atoms with Gasteiger partial charge in [-0.3, -0.25) is 4.79 Å². The molecule has 1 aromatic rings. The summed E-state index contributed by atoms with van der Waals surface area (Å²) in [7, 11) is 0. The van der Waals surface area contributed by atoms with E-state index in [-0.39, 0.29) is 5.91 Å². The highest BCUT2D eigenvalue weighted by Gasteiger charge is 1.99. The molecular weight excluding hydrogens is 188 g/mol. The minimum atomic E-state index is -0.0705. The van der Waals surface area contributed by atoms with Crippen molar-refractivity contribution in [3.63, 3.8) is 0 Å². The minimum absolute atomic E-state index is 0.0705. The number of anilines is 1. The van der Waals surface area contributed by atoms with Gasteiger partial charge in [0.25, 0.3) is 0 Å². The van der Waals surface area contributed by atoms with Gasteiger partial charge in [0.2, 0.25) is 5.91 Å². The second-order valence-electron chi connectivity index (χ2n) is 3.22. The number of carbonyl (C=O) groups excluding carboxylic acids is 1. The van der Waals surface area contributed by atoms with Gasteiger partial charge < -0.3 is 11.1 Å². The van der Waals surface area contributed by atoms with Crippen LogP contribution in [0.2, 0.25) is 0 Å². The highest BCUT2D eigenvalue weighted by atomic mass is 16.1. The second kappa shape index (κ2) is 5.18. The lowest BCUT2D eigenvalue weighted by molar-refractivity contribution is -0.114. The Labute approximate surface area is 89.7 Å². The van der Waals surface area contributed by atoms with Gasteiger partial charge in [0, 0.05) is 18.2 Å². The third-order valence-corrected chi connectivity index (χ3v) is 1.87. The van der Waals surface area contributed by atoms with Crippen LogP contribution in [0, 0.1) is 18.8 Å². The molecule has 0 aromatic heterocycles. The number of aryl methyl sites for hydroxylation is 1. The molecule has 1 amide bonds. The molecule has 0 spiro atoms. The molecular formula is C12H14N2O. The van der Waals surface area contributed by atoms with Gasteiger partial charge in [-0.15, -0.1) is 0 Å². The number of benzene rings is 1. The molecule has 0 heterocycles. The van der Waals surface area contributed by atoms with Crippen molar-refractivity contribution in [2.75, 3.05) is 11.9 Å². The van der Waals surface area contributed by atoms with E-state index in [4.69, 9.17) is 5.73 Å². The van der Waals surface area contributed by atoms with Crippen molar-refractivity contribution in [3.8, 4) is 11.8 Å². The Bertz CT molecular complexity index is 427. The van der Waals surface area contributed by atoms with Gasteiger partial charge >= 0.3 is 0 Å². The molecule has 0 bridgehead atoms. The molecule has 0 saturated carbocycles. The highest BCUT2D eigenvalue weighted by Crippen LogP contribution is 2.15. The first kappa shape index (κ1) is 11.3. The molecule has 0 atom stereocenters. The Morgan fingerprint density at radius 1 is 1.53 bits per heavy atom. The minimum Gasteiger partial charge on any atom is -0.326 e. The highest BCUT2D eigenvalue weighted by molar-refractivity contribution is 5.89. The van der Waals surface area contributed by atoms with E-state index in [0.29, 0.717) is 6.54 Å². The van der Waals surface area contributed by atoms with Crippen LogP contribution in [0.15, 0.2) is 18.2 Å². The van der Waals surface area contributed by atoms with E-state index >= 15 is 0 Å². The zero-order chi connectivity index (χ0) is 11.3. The van der Waals surface area contributed by atoms with E-state index in [1.54, 1.807) is 0 Å². The van der Waals surface area contributed by atoms with E-state index in [1.165, 1.54) is 6.92 Å². The average molecular weight is 202 g/mol. The summed E-state index contributed by atoms with van der Waals surface area (Å²) in [6.07, 6.45) is 0. The van der Waals surface area contributed by atoms with Gasteiger partial charge in [-0.25, -0.2) is 0 Å². The molecule has 1 aromatic carbocycles. The smallest absolute Gasteiger partial charge is 0.221 e. The number of hydrogen-bond acceptors (Lipinski definition) is 2. The van der Waals surface area contributed by atoms with E-state index in [9.17, 15) is 4.79 Å². The molecule has 0 aliphatic rings. The van der Waals surface area contributed by atoms with Gasteiger partial charge in [0.1, 0.15) is 0 Å². The standard InChI is InChI=1S/C12H14N2O/c1-9-8-11(4-3-7-13)5-6-12(9)14-10(2)15/h5-6,8H,7,13H2,1-2H3,(H,14,15). The van der Waals surface area contributed by atoms with Crippen molar-refractivity contribution >= 4 is 11.6 Å². The number of carbonyl (C=O) groups is 1. The molecule has 0 aliphatic carbocycles. The fourth-order valence-electron chi connectivity index (χ4n) is 1.22. The Balaban J connectivity index is 2.92. The number of amides is 1. The summed E-state index contributed by atoms with van der Waals surface area (Å²) in [5.41, 5.74) is 8.00. The maximum Gasteiger partial charge on any atom is 0.221 e. The number of nitrogens with one attached hydrogen (secondary N) is 1. The Hall–Kier alpha value is -1.79. The maximum atomic E-state index is 10.9. The van der Waals surface area contributed by atoms with E-state index in [2.05, 4.69) is 17.2 Å². The van der Waals surface area contributed by atoms with E-state index < -0.39 is 0 Å². The Morgan fingerprint density at radius 3 is 2.80 bits per heavy atom. The van der Waals surface area contributed by atoms with E-state index in [1.807, 2.05) is 25.1 Å². The van der Waals surface area contributed by atoms with Crippen LogP contribution in [0.4, 0.5) is 5.69 Å². The lowest BCUT2D eigenvalue weighted by atomic mass is 10.1. The van der Waals surface area contributed by atoms with Crippen molar-refractivity contribution < 1.29 is 4.79 Å². The summed E-state index contributed by atoms with van der Waals surface area (Å²) in [5, 5.41) is 2.74. The third kappa shape index (κ3) is 3.45. The first-order chi connectivity index (χ1) is 7.13. The molecule has 0 aliphatic heterocycles. The van der Waals surface area contributed by atoms with Crippen molar-refractivity contribution in [1.82, 2.24) is 0 Å². The maximum absolute atomic E-state index is 10.9. The van der Waals surface area contributed by atoms with Crippen molar-refractivity contribution in [2.45, 2.75) is 13.8 Å². The monoisotopic (exact) mass is 202 g/mol. The summed E-state index contributed by atoms with van der Waals surface area (Å²) in [6, 6.07) is 5.63. The van der Waals surface area contributed by atoms with Crippen LogP contribution in [0.25, 0.3) is 0 Å². The van der Waals surface area contributed by atoms with Crippen LogP contribution in [-0.2, 0) is 4.79 Å². The summed E-state index contributed by atoms with van der Waals surface area (Å²) in [5.74, 6) is 5.65. The Morgan fingerprint density at radius 2 is 2.27 bits per heavy atom. The molecule has 78 valence electrons. The summed E-state index contributed by atoms with van der Waals surface area (Å²) < 4.78 is 0. The topological polar surface area (TPSA) is 55.1 Å². The molecule has 0 unspecified atom stereocenters. The summed E-state index contributed by atoms with van der Waals surface area (Å²) in [4.78, 5) is 10.9. The molecule has 3 nitrogen and oxygen atoms in total. The SMILES string of the molecule is CC(=O)Nc1ccc(C#CCN)cc1C. The van der Waals surface area contributed by atoms with Crippen molar-refractivity contribution in [1.29, 1.82) is 0 Å². The zero-order valence-electron chi connectivity index (χ0n) is 8.92. The molecule has 3 heteroatoms. The zero-order valence-corrected chi connectivity index (χ0v) is 8.92. The third-order valence-electron chi connectivity index (χ3n) is 1.87. The largest absolute Gasteiger partial charge is 0.326 e. The Kier molecular flexibility index (Phi) is 3.90. The predicted octanol–water partition coefficient (Wildman–Crippen LogP) is 1.26. The molecule has 0 fully saturated rings. The lowest BCUT2D eigenvalue weighted by Gasteiger charge is -2.05. The van der Waals surface area contributed by atoms with Crippen molar-refractivity contribution in [2.24, 2.45) is 5.73 Å². The molecule has 0 radical (unpaired) electrons.